The molecule has 0 aromatic heterocycles. The largest absolute Gasteiger partial charge is 0.437 e. The van der Waals surface area contributed by atoms with Crippen LogP contribution in [-0.2, 0) is 14.7 Å². The fraction of sp³-hybridized carbons (Fsp3) is 1.00. The Hall–Kier alpha value is -0.200. The summed E-state index contributed by atoms with van der Waals surface area (Å²) in [6, 6.07) is 0. The van der Waals surface area contributed by atoms with Crippen molar-refractivity contribution in [3.05, 3.63) is 0 Å². The molecule has 0 atom stereocenters. The van der Waals surface area contributed by atoms with E-state index in [1.807, 2.05) is 0 Å². The fourth-order valence-corrected chi connectivity index (χ4v) is 0.410. The van der Waals surface area contributed by atoms with Gasteiger partial charge in [0.05, 0.1) is 13.2 Å². The van der Waals surface area contributed by atoms with Crippen LogP contribution in [0.4, 0.5) is 3.89 Å². The SMILES string of the molecule is O=S(=O)(F)OCCO. The Morgan fingerprint density at radius 3 is 2.25 bits per heavy atom. The standard InChI is InChI=1S/C2H5FO4S/c3-8(5,6)7-2-1-4/h4H,1-2H2. The predicted molar refractivity (Wildman–Crippen MR) is 23.1 cm³/mol. The molecule has 0 fully saturated rings. The zero-order chi connectivity index (χ0) is 6.62. The second-order valence-corrected chi connectivity index (χ2v) is 1.96. The second kappa shape index (κ2) is 2.95. The predicted octanol–water partition coefficient (Wildman–Crippen LogP) is -0.790. The van der Waals surface area contributed by atoms with Gasteiger partial charge in [-0.2, -0.15) is 8.42 Å². The number of rotatable bonds is 3. The molecule has 0 aliphatic carbocycles. The molecule has 0 saturated heterocycles. The molecule has 6 heteroatoms. The first kappa shape index (κ1) is 7.80. The third-order valence-corrected chi connectivity index (χ3v) is 0.764. The molecule has 0 rings (SSSR count). The van der Waals surface area contributed by atoms with Gasteiger partial charge < -0.3 is 5.11 Å². The summed E-state index contributed by atoms with van der Waals surface area (Å²) in [6.07, 6.45) is 0. The molecule has 0 bridgehead atoms. The van der Waals surface area contributed by atoms with Gasteiger partial charge in [0.15, 0.2) is 0 Å². The molecule has 50 valence electrons. The van der Waals surface area contributed by atoms with Crippen molar-refractivity contribution >= 4 is 10.5 Å². The van der Waals surface area contributed by atoms with E-state index in [2.05, 4.69) is 4.18 Å². The maximum Gasteiger partial charge on any atom is 0.437 e. The highest BCUT2D eigenvalue weighted by Crippen LogP contribution is 1.90. The average molecular weight is 144 g/mol. The summed E-state index contributed by atoms with van der Waals surface area (Å²) in [5.41, 5.74) is 0. The zero-order valence-electron chi connectivity index (χ0n) is 3.87. The molecule has 0 aliphatic rings. The minimum atomic E-state index is -4.85. The smallest absolute Gasteiger partial charge is 0.394 e. The topological polar surface area (TPSA) is 63.6 Å². The van der Waals surface area contributed by atoms with Crippen molar-refractivity contribution in [1.82, 2.24) is 0 Å². The first-order valence-electron chi connectivity index (χ1n) is 1.76. The minimum Gasteiger partial charge on any atom is -0.394 e. The molecule has 0 heterocycles. The average Bonchev–Trinajstić information content (AvgIpc) is 1.59. The summed E-state index contributed by atoms with van der Waals surface area (Å²) in [5.74, 6) is 0. The van der Waals surface area contributed by atoms with Crippen molar-refractivity contribution in [2.75, 3.05) is 13.2 Å². The van der Waals surface area contributed by atoms with Crippen LogP contribution in [0.3, 0.4) is 0 Å². The lowest BCUT2D eigenvalue weighted by Crippen LogP contribution is -2.02. The van der Waals surface area contributed by atoms with Crippen molar-refractivity contribution in [3.8, 4) is 0 Å². The van der Waals surface area contributed by atoms with Crippen LogP contribution < -0.4 is 0 Å². The van der Waals surface area contributed by atoms with E-state index in [9.17, 15) is 12.3 Å². The monoisotopic (exact) mass is 144 g/mol. The van der Waals surface area contributed by atoms with Crippen LogP contribution in [0.5, 0.6) is 0 Å². The van der Waals surface area contributed by atoms with Gasteiger partial charge in [-0.1, -0.05) is 3.89 Å². The van der Waals surface area contributed by atoms with Crippen molar-refractivity contribution in [3.63, 3.8) is 0 Å². The lowest BCUT2D eigenvalue weighted by atomic mass is 10.8. The van der Waals surface area contributed by atoms with Crippen LogP contribution in [-0.4, -0.2) is 26.7 Å². The molecule has 0 radical (unpaired) electrons. The summed E-state index contributed by atoms with van der Waals surface area (Å²) < 4.78 is 33.4. The molecule has 0 aliphatic heterocycles. The molecule has 0 amide bonds. The molecular weight excluding hydrogens is 139 g/mol. The third kappa shape index (κ3) is 5.80. The Morgan fingerprint density at radius 2 is 2.12 bits per heavy atom. The number of halogens is 1. The van der Waals surface area contributed by atoms with Gasteiger partial charge in [0.1, 0.15) is 0 Å². The highest BCUT2D eigenvalue weighted by molar-refractivity contribution is 7.81. The lowest BCUT2D eigenvalue weighted by Gasteiger charge is -1.89. The Balaban J connectivity index is 3.42. The van der Waals surface area contributed by atoms with Crippen LogP contribution in [0.15, 0.2) is 0 Å². The first-order chi connectivity index (χ1) is 3.56. The van der Waals surface area contributed by atoms with E-state index < -0.39 is 23.7 Å². The summed E-state index contributed by atoms with van der Waals surface area (Å²) in [6.45, 7) is -1.04. The zero-order valence-corrected chi connectivity index (χ0v) is 4.69. The van der Waals surface area contributed by atoms with Crippen molar-refractivity contribution in [2.24, 2.45) is 0 Å². The highest BCUT2D eigenvalue weighted by Gasteiger charge is 2.03. The number of hydrogen-bond acceptors (Lipinski definition) is 4. The van der Waals surface area contributed by atoms with Gasteiger partial charge in [0.25, 0.3) is 0 Å². The summed E-state index contributed by atoms with van der Waals surface area (Å²) in [5, 5.41) is 7.87. The maximum absolute atomic E-state index is 11.2. The summed E-state index contributed by atoms with van der Waals surface area (Å²) in [4.78, 5) is 0. The summed E-state index contributed by atoms with van der Waals surface area (Å²) in [7, 11) is -4.85. The van der Waals surface area contributed by atoms with E-state index in [4.69, 9.17) is 5.11 Å². The number of aliphatic hydroxyl groups excluding tert-OH is 1. The third-order valence-electron chi connectivity index (χ3n) is 0.315. The van der Waals surface area contributed by atoms with E-state index in [1.54, 1.807) is 0 Å². The second-order valence-electron chi connectivity index (χ2n) is 0.939. The quantitative estimate of drug-likeness (QED) is 0.527. The molecule has 0 aromatic rings. The Bertz CT molecular complexity index is 138. The van der Waals surface area contributed by atoms with Crippen LogP contribution >= 0.6 is 0 Å². The molecule has 1 N–H and O–H groups in total. The molecule has 8 heavy (non-hydrogen) atoms. The Labute approximate surface area is 46.3 Å². The maximum atomic E-state index is 11.2. The van der Waals surface area contributed by atoms with Crippen LogP contribution in [0.1, 0.15) is 0 Å². The minimum absolute atomic E-state index is 0.511. The Morgan fingerprint density at radius 1 is 1.62 bits per heavy atom. The Kier molecular flexibility index (Phi) is 2.88. The van der Waals surface area contributed by atoms with Gasteiger partial charge in [-0.15, -0.1) is 0 Å². The van der Waals surface area contributed by atoms with E-state index >= 15 is 0 Å². The molecular formula is C2H5FO4S. The normalized spacial score (nSPS) is 11.8. The van der Waals surface area contributed by atoms with Crippen LogP contribution in [0.2, 0.25) is 0 Å². The van der Waals surface area contributed by atoms with Gasteiger partial charge >= 0.3 is 10.5 Å². The van der Waals surface area contributed by atoms with E-state index in [0.29, 0.717) is 0 Å². The first-order valence-corrected chi connectivity index (χ1v) is 3.07. The van der Waals surface area contributed by atoms with Gasteiger partial charge in [-0.3, -0.25) is 0 Å². The summed E-state index contributed by atoms with van der Waals surface area (Å²) >= 11 is 0. The molecule has 0 saturated carbocycles. The van der Waals surface area contributed by atoms with E-state index in [-0.39, 0.29) is 0 Å². The van der Waals surface area contributed by atoms with Gasteiger partial charge in [0, 0.05) is 0 Å². The molecule has 0 spiro atoms. The van der Waals surface area contributed by atoms with Crippen molar-refractivity contribution < 1.29 is 21.6 Å². The molecule has 0 unspecified atom stereocenters. The van der Waals surface area contributed by atoms with Crippen LogP contribution in [0.25, 0.3) is 0 Å². The van der Waals surface area contributed by atoms with Crippen LogP contribution in [0, 0.1) is 0 Å². The fourth-order valence-electron chi connectivity index (χ4n) is 0.137. The van der Waals surface area contributed by atoms with Gasteiger partial charge in [-0.25, -0.2) is 4.18 Å². The van der Waals surface area contributed by atoms with Crippen molar-refractivity contribution in [2.45, 2.75) is 0 Å². The van der Waals surface area contributed by atoms with Gasteiger partial charge in [0.2, 0.25) is 0 Å². The lowest BCUT2D eigenvalue weighted by molar-refractivity contribution is 0.197. The van der Waals surface area contributed by atoms with E-state index in [0.717, 1.165) is 0 Å². The van der Waals surface area contributed by atoms with E-state index in [1.165, 1.54) is 0 Å². The van der Waals surface area contributed by atoms with Gasteiger partial charge in [-0.05, 0) is 0 Å². The molecule has 0 aromatic carbocycles. The number of aliphatic hydroxyl groups is 1. The number of hydrogen-bond donors (Lipinski definition) is 1. The molecule has 4 nitrogen and oxygen atoms in total. The van der Waals surface area contributed by atoms with Crippen molar-refractivity contribution in [1.29, 1.82) is 0 Å². The highest BCUT2D eigenvalue weighted by atomic mass is 32.3.